The SMILES string of the molecule is CC(C)(C)OC(=O)N1CCN(c2ccc(C(=O)O)cc2Br)CC1. The highest BCUT2D eigenvalue weighted by molar-refractivity contribution is 9.10. The summed E-state index contributed by atoms with van der Waals surface area (Å²) in [5, 5.41) is 9.01. The molecule has 0 aliphatic carbocycles. The van der Waals surface area contributed by atoms with Gasteiger partial charge in [0.2, 0.25) is 0 Å². The summed E-state index contributed by atoms with van der Waals surface area (Å²) in [6.45, 7) is 8.03. The second-order valence-electron chi connectivity index (χ2n) is 6.43. The average Bonchev–Trinajstić information content (AvgIpc) is 2.45. The molecule has 126 valence electrons. The molecule has 1 heterocycles. The van der Waals surface area contributed by atoms with Crippen LogP contribution in [0.15, 0.2) is 22.7 Å². The van der Waals surface area contributed by atoms with E-state index < -0.39 is 11.6 Å². The fraction of sp³-hybridized carbons (Fsp3) is 0.500. The smallest absolute Gasteiger partial charge is 0.410 e. The van der Waals surface area contributed by atoms with Crippen molar-refractivity contribution in [3.63, 3.8) is 0 Å². The summed E-state index contributed by atoms with van der Waals surface area (Å²) in [5.74, 6) is -0.952. The number of carboxylic acids is 1. The molecule has 1 fully saturated rings. The maximum absolute atomic E-state index is 12.1. The molecule has 0 aromatic heterocycles. The van der Waals surface area contributed by atoms with Crippen molar-refractivity contribution < 1.29 is 19.4 Å². The Labute approximate surface area is 144 Å². The molecule has 1 aromatic rings. The topological polar surface area (TPSA) is 70.1 Å². The molecule has 0 unspecified atom stereocenters. The number of rotatable bonds is 2. The maximum Gasteiger partial charge on any atom is 0.410 e. The van der Waals surface area contributed by atoms with Gasteiger partial charge in [0.25, 0.3) is 0 Å². The molecule has 1 aliphatic heterocycles. The van der Waals surface area contributed by atoms with Crippen molar-refractivity contribution >= 4 is 33.7 Å². The number of nitrogens with zero attached hydrogens (tertiary/aromatic N) is 2. The third-order valence-electron chi connectivity index (χ3n) is 3.47. The highest BCUT2D eigenvalue weighted by atomic mass is 79.9. The van der Waals surface area contributed by atoms with Crippen molar-refractivity contribution in [2.24, 2.45) is 0 Å². The molecule has 6 nitrogen and oxygen atoms in total. The summed E-state index contributed by atoms with van der Waals surface area (Å²) < 4.78 is 6.12. The number of piperazine rings is 1. The third kappa shape index (κ3) is 4.60. The summed E-state index contributed by atoms with van der Waals surface area (Å²) >= 11 is 3.42. The molecule has 23 heavy (non-hydrogen) atoms. The van der Waals surface area contributed by atoms with Crippen LogP contribution in [0.1, 0.15) is 31.1 Å². The van der Waals surface area contributed by atoms with Crippen LogP contribution >= 0.6 is 15.9 Å². The Bertz CT molecular complexity index is 605. The van der Waals surface area contributed by atoms with Crippen LogP contribution < -0.4 is 4.90 Å². The lowest BCUT2D eigenvalue weighted by Crippen LogP contribution is -2.50. The van der Waals surface area contributed by atoms with Crippen molar-refractivity contribution in [3.8, 4) is 0 Å². The fourth-order valence-electron chi connectivity index (χ4n) is 2.35. The quantitative estimate of drug-likeness (QED) is 0.847. The highest BCUT2D eigenvalue weighted by Crippen LogP contribution is 2.28. The number of carboxylic acid groups (broad SMARTS) is 1. The summed E-state index contributed by atoms with van der Waals surface area (Å²) in [6, 6.07) is 4.97. The molecule has 0 saturated carbocycles. The number of amides is 1. The van der Waals surface area contributed by atoms with Crippen LogP contribution in [-0.2, 0) is 4.74 Å². The van der Waals surface area contributed by atoms with Gasteiger partial charge in [0, 0.05) is 30.7 Å². The first-order chi connectivity index (χ1) is 10.7. The minimum absolute atomic E-state index is 0.244. The molecular formula is C16H21BrN2O4. The number of hydrogen-bond donors (Lipinski definition) is 1. The van der Waals surface area contributed by atoms with Gasteiger partial charge in [-0.25, -0.2) is 9.59 Å². The van der Waals surface area contributed by atoms with E-state index in [4.69, 9.17) is 9.84 Å². The molecule has 1 N–H and O–H groups in total. The number of ether oxygens (including phenoxy) is 1. The maximum atomic E-state index is 12.1. The molecule has 1 saturated heterocycles. The van der Waals surface area contributed by atoms with Gasteiger partial charge < -0.3 is 19.6 Å². The van der Waals surface area contributed by atoms with Crippen molar-refractivity contribution in [2.75, 3.05) is 31.1 Å². The van der Waals surface area contributed by atoms with Gasteiger partial charge in [0.05, 0.1) is 11.3 Å². The highest BCUT2D eigenvalue weighted by Gasteiger charge is 2.26. The molecule has 1 aromatic carbocycles. The standard InChI is InChI=1S/C16H21BrN2O4/c1-16(2,3)23-15(22)19-8-6-18(7-9-19)13-5-4-11(14(20)21)10-12(13)17/h4-5,10H,6-9H2,1-3H3,(H,20,21). The molecule has 2 rings (SSSR count). The first kappa shape index (κ1) is 17.6. The van der Waals surface area contributed by atoms with E-state index >= 15 is 0 Å². The van der Waals surface area contributed by atoms with E-state index in [1.807, 2.05) is 20.8 Å². The van der Waals surface area contributed by atoms with Gasteiger partial charge in [-0.05, 0) is 54.9 Å². The zero-order valence-electron chi connectivity index (χ0n) is 13.5. The monoisotopic (exact) mass is 384 g/mol. The number of anilines is 1. The molecule has 7 heteroatoms. The van der Waals surface area contributed by atoms with Gasteiger partial charge >= 0.3 is 12.1 Å². The first-order valence-electron chi connectivity index (χ1n) is 7.43. The number of hydrogen-bond acceptors (Lipinski definition) is 4. The second-order valence-corrected chi connectivity index (χ2v) is 7.28. The van der Waals surface area contributed by atoms with Crippen LogP contribution in [-0.4, -0.2) is 53.8 Å². The van der Waals surface area contributed by atoms with Crippen molar-refractivity contribution in [1.82, 2.24) is 4.90 Å². The van der Waals surface area contributed by atoms with Crippen LogP contribution in [0.5, 0.6) is 0 Å². The lowest BCUT2D eigenvalue weighted by atomic mass is 10.2. The van der Waals surface area contributed by atoms with Crippen LogP contribution in [0.2, 0.25) is 0 Å². The van der Waals surface area contributed by atoms with Gasteiger partial charge in [0.1, 0.15) is 5.60 Å². The molecule has 0 spiro atoms. The van der Waals surface area contributed by atoms with E-state index in [1.54, 1.807) is 23.1 Å². The largest absolute Gasteiger partial charge is 0.478 e. The van der Waals surface area contributed by atoms with Crippen LogP contribution in [0, 0.1) is 0 Å². The minimum Gasteiger partial charge on any atom is -0.478 e. The normalized spacial score (nSPS) is 15.5. The molecule has 1 amide bonds. The lowest BCUT2D eigenvalue weighted by molar-refractivity contribution is 0.0240. The van der Waals surface area contributed by atoms with Crippen LogP contribution in [0.25, 0.3) is 0 Å². The number of halogens is 1. The summed E-state index contributed by atoms with van der Waals surface area (Å²) in [7, 11) is 0. The summed E-state index contributed by atoms with van der Waals surface area (Å²) in [4.78, 5) is 26.9. The Morgan fingerprint density at radius 3 is 2.26 bits per heavy atom. The Kier molecular flexibility index (Phi) is 5.19. The molecule has 1 aliphatic rings. The van der Waals surface area contributed by atoms with Crippen molar-refractivity contribution in [1.29, 1.82) is 0 Å². The number of carbonyl (C=O) groups excluding carboxylic acids is 1. The van der Waals surface area contributed by atoms with Gasteiger partial charge in [-0.3, -0.25) is 0 Å². The fourth-order valence-corrected chi connectivity index (χ4v) is 2.98. The molecule has 0 bridgehead atoms. The third-order valence-corrected chi connectivity index (χ3v) is 4.10. The summed E-state index contributed by atoms with van der Waals surface area (Å²) in [5.41, 5.74) is 0.677. The Balaban J connectivity index is 1.99. The van der Waals surface area contributed by atoms with E-state index in [0.717, 1.165) is 10.2 Å². The number of aromatic carboxylic acids is 1. The van der Waals surface area contributed by atoms with E-state index in [-0.39, 0.29) is 11.7 Å². The van der Waals surface area contributed by atoms with Gasteiger partial charge in [0.15, 0.2) is 0 Å². The van der Waals surface area contributed by atoms with Crippen LogP contribution in [0.3, 0.4) is 0 Å². The second kappa shape index (κ2) is 6.78. The number of benzene rings is 1. The molecule has 0 radical (unpaired) electrons. The average molecular weight is 385 g/mol. The predicted octanol–water partition coefficient (Wildman–Crippen LogP) is 3.20. The number of carbonyl (C=O) groups is 2. The lowest BCUT2D eigenvalue weighted by Gasteiger charge is -2.37. The van der Waals surface area contributed by atoms with E-state index in [9.17, 15) is 9.59 Å². The van der Waals surface area contributed by atoms with Gasteiger partial charge in [-0.1, -0.05) is 0 Å². The molecule has 0 atom stereocenters. The van der Waals surface area contributed by atoms with E-state index in [2.05, 4.69) is 20.8 Å². The zero-order chi connectivity index (χ0) is 17.2. The Morgan fingerprint density at radius 1 is 1.17 bits per heavy atom. The summed E-state index contributed by atoms with van der Waals surface area (Å²) in [6.07, 6.45) is -0.294. The molecular weight excluding hydrogens is 364 g/mol. The van der Waals surface area contributed by atoms with Gasteiger partial charge in [-0.15, -0.1) is 0 Å². The minimum atomic E-state index is -0.952. The van der Waals surface area contributed by atoms with E-state index in [0.29, 0.717) is 26.2 Å². The van der Waals surface area contributed by atoms with E-state index in [1.165, 1.54) is 0 Å². The van der Waals surface area contributed by atoms with Crippen molar-refractivity contribution in [2.45, 2.75) is 26.4 Å². The zero-order valence-corrected chi connectivity index (χ0v) is 15.1. The van der Waals surface area contributed by atoms with Crippen LogP contribution in [0.4, 0.5) is 10.5 Å². The first-order valence-corrected chi connectivity index (χ1v) is 8.22. The Hall–Kier alpha value is -1.76. The Morgan fingerprint density at radius 2 is 1.78 bits per heavy atom. The van der Waals surface area contributed by atoms with Gasteiger partial charge in [-0.2, -0.15) is 0 Å². The van der Waals surface area contributed by atoms with Crippen molar-refractivity contribution in [3.05, 3.63) is 28.2 Å². The predicted molar refractivity (Wildman–Crippen MR) is 91.1 cm³/mol.